The molecule has 1 aromatic carbocycles. The summed E-state index contributed by atoms with van der Waals surface area (Å²) >= 11 is 3.52. The lowest BCUT2D eigenvalue weighted by Crippen LogP contribution is -2.03. The first-order valence-electron chi connectivity index (χ1n) is 6.92. The molecule has 1 nitrogen and oxygen atoms in total. The van der Waals surface area contributed by atoms with Crippen LogP contribution in [0.15, 0.2) is 18.2 Å². The highest BCUT2D eigenvalue weighted by Crippen LogP contribution is 2.31. The standard InChI is InChI=1S/C16H25BrO/c1-5-10-18-16-7-6-14(13(4)8-9-17)11-15(16)12(2)3/h6-7,11-13H,5,8-10H2,1-4H3. The average molecular weight is 313 g/mol. The maximum Gasteiger partial charge on any atom is 0.122 e. The number of alkyl halides is 1. The van der Waals surface area contributed by atoms with Gasteiger partial charge in [0.05, 0.1) is 6.61 Å². The van der Waals surface area contributed by atoms with Crippen molar-refractivity contribution in [2.45, 2.75) is 52.4 Å². The maximum atomic E-state index is 5.83. The Kier molecular flexibility index (Phi) is 6.77. The Morgan fingerprint density at radius 1 is 1.22 bits per heavy atom. The predicted octanol–water partition coefficient (Wildman–Crippen LogP) is 5.49. The van der Waals surface area contributed by atoms with E-state index in [9.17, 15) is 0 Å². The van der Waals surface area contributed by atoms with Gasteiger partial charge in [-0.05, 0) is 41.9 Å². The van der Waals surface area contributed by atoms with E-state index in [-0.39, 0.29) is 0 Å². The van der Waals surface area contributed by atoms with Crippen LogP contribution in [0.2, 0.25) is 0 Å². The summed E-state index contributed by atoms with van der Waals surface area (Å²) in [4.78, 5) is 0. The van der Waals surface area contributed by atoms with Crippen LogP contribution in [0.25, 0.3) is 0 Å². The molecule has 0 aliphatic carbocycles. The van der Waals surface area contributed by atoms with Crippen molar-refractivity contribution in [3.05, 3.63) is 29.3 Å². The second-order valence-corrected chi connectivity index (χ2v) is 5.97. The van der Waals surface area contributed by atoms with Crippen LogP contribution in [0, 0.1) is 0 Å². The van der Waals surface area contributed by atoms with Crippen molar-refractivity contribution in [3.8, 4) is 5.75 Å². The largest absolute Gasteiger partial charge is 0.493 e. The molecule has 1 unspecified atom stereocenters. The van der Waals surface area contributed by atoms with Crippen LogP contribution in [0.4, 0.5) is 0 Å². The van der Waals surface area contributed by atoms with Crippen LogP contribution in [0.1, 0.15) is 63.5 Å². The van der Waals surface area contributed by atoms with Crippen molar-refractivity contribution in [3.63, 3.8) is 0 Å². The number of rotatable bonds is 7. The van der Waals surface area contributed by atoms with Gasteiger partial charge >= 0.3 is 0 Å². The van der Waals surface area contributed by atoms with Gasteiger partial charge in [0, 0.05) is 5.33 Å². The molecule has 0 aromatic heterocycles. The zero-order valence-electron chi connectivity index (χ0n) is 12.0. The van der Waals surface area contributed by atoms with Gasteiger partial charge in [-0.25, -0.2) is 0 Å². The van der Waals surface area contributed by atoms with Gasteiger partial charge in [-0.1, -0.05) is 55.8 Å². The van der Waals surface area contributed by atoms with Crippen LogP contribution in [0.3, 0.4) is 0 Å². The fraction of sp³-hybridized carbons (Fsp3) is 0.625. The summed E-state index contributed by atoms with van der Waals surface area (Å²) in [6, 6.07) is 6.68. The number of benzene rings is 1. The van der Waals surface area contributed by atoms with Crippen molar-refractivity contribution in [2.75, 3.05) is 11.9 Å². The molecule has 0 N–H and O–H groups in total. The molecule has 0 fully saturated rings. The third-order valence-corrected chi connectivity index (χ3v) is 3.69. The Morgan fingerprint density at radius 3 is 2.50 bits per heavy atom. The van der Waals surface area contributed by atoms with Gasteiger partial charge in [-0.2, -0.15) is 0 Å². The maximum absolute atomic E-state index is 5.83. The Bertz CT molecular complexity index is 360. The minimum atomic E-state index is 0.507. The van der Waals surface area contributed by atoms with Crippen molar-refractivity contribution >= 4 is 15.9 Å². The first-order valence-corrected chi connectivity index (χ1v) is 8.04. The fourth-order valence-corrected chi connectivity index (χ4v) is 2.69. The molecule has 2 heteroatoms. The summed E-state index contributed by atoms with van der Waals surface area (Å²) in [6.07, 6.45) is 2.23. The Labute approximate surface area is 120 Å². The summed E-state index contributed by atoms with van der Waals surface area (Å²) in [7, 11) is 0. The van der Waals surface area contributed by atoms with Crippen molar-refractivity contribution in [1.29, 1.82) is 0 Å². The molecule has 0 saturated carbocycles. The first-order chi connectivity index (χ1) is 8.60. The van der Waals surface area contributed by atoms with E-state index in [1.165, 1.54) is 17.5 Å². The highest BCUT2D eigenvalue weighted by molar-refractivity contribution is 9.09. The highest BCUT2D eigenvalue weighted by atomic mass is 79.9. The van der Waals surface area contributed by atoms with E-state index in [2.05, 4.69) is 61.8 Å². The smallest absolute Gasteiger partial charge is 0.122 e. The molecule has 0 spiro atoms. The van der Waals surface area contributed by atoms with Gasteiger partial charge in [0.25, 0.3) is 0 Å². The van der Waals surface area contributed by atoms with Crippen molar-refractivity contribution in [1.82, 2.24) is 0 Å². The normalized spacial score (nSPS) is 12.8. The summed E-state index contributed by atoms with van der Waals surface area (Å²) in [6.45, 7) is 9.69. The third-order valence-electron chi connectivity index (χ3n) is 3.23. The van der Waals surface area contributed by atoms with E-state index in [0.717, 1.165) is 24.1 Å². The number of halogens is 1. The van der Waals surface area contributed by atoms with Gasteiger partial charge in [-0.15, -0.1) is 0 Å². The molecule has 0 radical (unpaired) electrons. The highest BCUT2D eigenvalue weighted by Gasteiger charge is 2.12. The lowest BCUT2D eigenvalue weighted by atomic mass is 9.93. The molecule has 18 heavy (non-hydrogen) atoms. The summed E-state index contributed by atoms with van der Waals surface area (Å²) in [5.74, 6) is 2.16. The van der Waals surface area contributed by atoms with Gasteiger partial charge in [0.1, 0.15) is 5.75 Å². The summed E-state index contributed by atoms with van der Waals surface area (Å²) in [5, 5.41) is 1.05. The van der Waals surface area contributed by atoms with Crippen LogP contribution < -0.4 is 4.74 Å². The Hall–Kier alpha value is -0.500. The lowest BCUT2D eigenvalue weighted by Gasteiger charge is -2.18. The SMILES string of the molecule is CCCOc1ccc(C(C)CCBr)cc1C(C)C. The van der Waals surface area contributed by atoms with Crippen molar-refractivity contribution < 1.29 is 4.74 Å². The van der Waals surface area contributed by atoms with Gasteiger partial charge in [-0.3, -0.25) is 0 Å². The van der Waals surface area contributed by atoms with Crippen molar-refractivity contribution in [2.24, 2.45) is 0 Å². The number of hydrogen-bond acceptors (Lipinski definition) is 1. The zero-order valence-corrected chi connectivity index (χ0v) is 13.6. The third kappa shape index (κ3) is 4.31. The molecule has 0 amide bonds. The van der Waals surface area contributed by atoms with Crippen LogP contribution in [-0.2, 0) is 0 Å². The quantitative estimate of drug-likeness (QED) is 0.605. The minimum Gasteiger partial charge on any atom is -0.493 e. The van der Waals surface area contributed by atoms with Crippen LogP contribution in [-0.4, -0.2) is 11.9 Å². The molecule has 0 heterocycles. The molecule has 0 aliphatic heterocycles. The second kappa shape index (κ2) is 7.83. The molecule has 0 saturated heterocycles. The van der Waals surface area contributed by atoms with Crippen LogP contribution in [0.5, 0.6) is 5.75 Å². The predicted molar refractivity (Wildman–Crippen MR) is 83.1 cm³/mol. The van der Waals surface area contributed by atoms with Gasteiger partial charge in [0.2, 0.25) is 0 Å². The molecule has 1 rings (SSSR count). The molecule has 0 bridgehead atoms. The number of ether oxygens (including phenoxy) is 1. The second-order valence-electron chi connectivity index (χ2n) is 5.18. The van der Waals surface area contributed by atoms with Gasteiger partial charge < -0.3 is 4.74 Å². The molecule has 1 aromatic rings. The minimum absolute atomic E-state index is 0.507. The zero-order chi connectivity index (χ0) is 13.5. The monoisotopic (exact) mass is 312 g/mol. The lowest BCUT2D eigenvalue weighted by molar-refractivity contribution is 0.313. The van der Waals surface area contributed by atoms with E-state index < -0.39 is 0 Å². The summed E-state index contributed by atoms with van der Waals surface area (Å²) in [5.41, 5.74) is 2.75. The summed E-state index contributed by atoms with van der Waals surface area (Å²) < 4.78 is 5.83. The van der Waals surface area contributed by atoms with E-state index >= 15 is 0 Å². The molecule has 1 atom stereocenters. The molecule has 102 valence electrons. The molecular weight excluding hydrogens is 288 g/mol. The topological polar surface area (TPSA) is 9.23 Å². The average Bonchev–Trinajstić information content (AvgIpc) is 2.36. The van der Waals surface area contributed by atoms with Crippen LogP contribution >= 0.6 is 15.9 Å². The molecule has 0 aliphatic rings. The first kappa shape index (κ1) is 15.6. The Balaban J connectivity index is 2.95. The van der Waals surface area contributed by atoms with Gasteiger partial charge in [0.15, 0.2) is 0 Å². The van der Waals surface area contributed by atoms with E-state index in [1.807, 2.05) is 0 Å². The van der Waals surface area contributed by atoms with E-state index in [4.69, 9.17) is 4.74 Å². The molecular formula is C16H25BrO. The van der Waals surface area contributed by atoms with E-state index in [1.54, 1.807) is 0 Å². The van der Waals surface area contributed by atoms with E-state index in [0.29, 0.717) is 11.8 Å². The number of hydrogen-bond donors (Lipinski definition) is 0. The fourth-order valence-electron chi connectivity index (χ4n) is 2.00. The Morgan fingerprint density at radius 2 is 1.94 bits per heavy atom.